The molecule has 0 aromatic carbocycles. The highest BCUT2D eigenvalue weighted by molar-refractivity contribution is 9.09. The van der Waals surface area contributed by atoms with Crippen LogP contribution in [0.5, 0.6) is 0 Å². The second-order valence-corrected chi connectivity index (χ2v) is 11.2. The second-order valence-electron chi connectivity index (χ2n) is 10.1. The molecule has 0 aromatic rings. The van der Waals surface area contributed by atoms with Gasteiger partial charge in [-0.25, -0.2) is 0 Å². The van der Waals surface area contributed by atoms with Crippen molar-refractivity contribution in [2.45, 2.75) is 88.5 Å². The molecular formula is C25H39BrN2O6. The predicted molar refractivity (Wildman–Crippen MR) is 131 cm³/mol. The molecule has 34 heavy (non-hydrogen) atoms. The van der Waals surface area contributed by atoms with Gasteiger partial charge in [0.1, 0.15) is 11.6 Å². The number of carbonyl (C=O) groups excluding carboxylic acids is 3. The fourth-order valence-electron chi connectivity index (χ4n) is 6.19. The van der Waals surface area contributed by atoms with E-state index in [0.717, 1.165) is 12.8 Å². The number of aliphatic hydroxyl groups is 1. The van der Waals surface area contributed by atoms with Crippen LogP contribution in [0.15, 0.2) is 12.7 Å². The summed E-state index contributed by atoms with van der Waals surface area (Å²) in [4.78, 5) is 44.4. The fourth-order valence-corrected chi connectivity index (χ4v) is 7.13. The van der Waals surface area contributed by atoms with E-state index in [1.807, 2.05) is 20.8 Å². The van der Waals surface area contributed by atoms with Gasteiger partial charge in [0.2, 0.25) is 11.8 Å². The summed E-state index contributed by atoms with van der Waals surface area (Å²) in [6.45, 7) is 13.7. The molecule has 3 aliphatic heterocycles. The van der Waals surface area contributed by atoms with Crippen LogP contribution in [0.1, 0.15) is 53.9 Å². The Morgan fingerprint density at radius 3 is 2.59 bits per heavy atom. The van der Waals surface area contributed by atoms with E-state index >= 15 is 0 Å². The largest absolute Gasteiger partial charge is 0.466 e. The number of ether oxygens (including phenoxy) is 2. The first-order chi connectivity index (χ1) is 16.1. The van der Waals surface area contributed by atoms with E-state index in [1.165, 1.54) is 4.90 Å². The van der Waals surface area contributed by atoms with Crippen molar-refractivity contribution in [3.8, 4) is 0 Å². The molecular weight excluding hydrogens is 504 g/mol. The van der Waals surface area contributed by atoms with Gasteiger partial charge in [-0.1, -0.05) is 49.2 Å². The molecule has 3 heterocycles. The Kier molecular flexibility index (Phi) is 8.51. The number of likely N-dealkylation sites (tertiary alicyclic amines) is 1. The summed E-state index contributed by atoms with van der Waals surface area (Å²) in [5, 5.41) is 10.3. The number of halogens is 1. The molecule has 2 bridgehead atoms. The van der Waals surface area contributed by atoms with Crippen LogP contribution >= 0.6 is 15.9 Å². The minimum Gasteiger partial charge on any atom is -0.466 e. The maximum Gasteiger partial charge on any atom is 0.312 e. The van der Waals surface area contributed by atoms with Crippen LogP contribution in [-0.4, -0.2) is 87.1 Å². The molecule has 0 aliphatic carbocycles. The number of carbonyl (C=O) groups is 3. The Hall–Kier alpha value is -1.45. The highest BCUT2D eigenvalue weighted by Crippen LogP contribution is 2.61. The number of aliphatic hydroxyl groups excluding tert-OH is 1. The van der Waals surface area contributed by atoms with E-state index < -0.39 is 41.6 Å². The second kappa shape index (κ2) is 10.7. The van der Waals surface area contributed by atoms with Gasteiger partial charge < -0.3 is 24.4 Å². The summed E-state index contributed by atoms with van der Waals surface area (Å²) in [5.41, 5.74) is -1.15. The Morgan fingerprint density at radius 2 is 2.06 bits per heavy atom. The zero-order chi connectivity index (χ0) is 25.4. The van der Waals surface area contributed by atoms with Gasteiger partial charge in [-0.2, -0.15) is 0 Å². The first-order valence-corrected chi connectivity index (χ1v) is 13.4. The summed E-state index contributed by atoms with van der Waals surface area (Å²) < 4.78 is 11.8. The number of nitrogens with zero attached hydrogens (tertiary/aromatic N) is 2. The number of hydrogen-bond donors (Lipinski definition) is 1. The lowest BCUT2D eigenvalue weighted by Crippen LogP contribution is -2.61. The van der Waals surface area contributed by atoms with Crippen molar-refractivity contribution in [1.82, 2.24) is 9.80 Å². The molecule has 8 nitrogen and oxygen atoms in total. The number of hydrogen-bond acceptors (Lipinski definition) is 6. The van der Waals surface area contributed by atoms with Crippen LogP contribution in [0.2, 0.25) is 0 Å². The maximum atomic E-state index is 14.3. The normalized spacial score (nSPS) is 33.7. The Labute approximate surface area is 211 Å². The minimum atomic E-state index is -1.15. The average molecular weight is 543 g/mol. The van der Waals surface area contributed by atoms with E-state index in [9.17, 15) is 19.5 Å². The molecule has 0 aromatic heterocycles. The van der Waals surface area contributed by atoms with Gasteiger partial charge in [-0.15, -0.1) is 6.58 Å². The van der Waals surface area contributed by atoms with Gasteiger partial charge in [0.15, 0.2) is 0 Å². The van der Waals surface area contributed by atoms with Gasteiger partial charge in [0.05, 0.1) is 37.2 Å². The lowest BCUT2D eigenvalue weighted by atomic mass is 9.70. The summed E-state index contributed by atoms with van der Waals surface area (Å²) >= 11 is 3.65. The Bertz CT molecular complexity index is 806. The van der Waals surface area contributed by atoms with Gasteiger partial charge in [0.25, 0.3) is 0 Å². The quantitative estimate of drug-likeness (QED) is 0.245. The van der Waals surface area contributed by atoms with E-state index in [0.29, 0.717) is 13.0 Å². The van der Waals surface area contributed by atoms with Crippen molar-refractivity contribution in [3.63, 3.8) is 0 Å². The molecule has 2 amide bonds. The SMILES string of the molecule is C=CCN(C(=O)[C@@H]1N([C@@H](CO)C(C)C)C(=O)[C@H]2[C@H](C(=O)OCC)[C@H]3O[C@@]12CC3Br)C(C)CCC. The molecule has 9 heteroatoms. The highest BCUT2D eigenvalue weighted by atomic mass is 79.9. The number of fused-ring (bicyclic) bond motifs is 1. The standard InChI is InChI=1S/C25H39BrN2O6/c1-7-10-15(6)27(11-8-2)23(31)21-25-12-16(26)20(34-25)18(24(32)33-9-3)19(25)22(30)28(21)17(13-29)14(4)5/h8,14-21,29H,2,7,9-13H2,1,3-6H3/t15?,16?,17-,18-,19+,20-,21-,25+/m0/s1. The van der Waals surface area contributed by atoms with Crippen LogP contribution in [0, 0.1) is 17.8 Å². The summed E-state index contributed by atoms with van der Waals surface area (Å²) in [6, 6.07) is -1.57. The smallest absolute Gasteiger partial charge is 0.312 e. The van der Waals surface area contributed by atoms with Crippen molar-refractivity contribution >= 4 is 33.7 Å². The lowest BCUT2D eigenvalue weighted by molar-refractivity contribution is -0.157. The fraction of sp³-hybridized carbons (Fsp3) is 0.800. The van der Waals surface area contributed by atoms with Gasteiger partial charge in [-0.3, -0.25) is 14.4 Å². The number of rotatable bonds is 11. The molecule has 1 N–H and O–H groups in total. The maximum absolute atomic E-state index is 14.3. The van der Waals surface area contributed by atoms with Gasteiger partial charge >= 0.3 is 5.97 Å². The molecule has 3 fully saturated rings. The highest BCUT2D eigenvalue weighted by Gasteiger charge is 2.77. The molecule has 2 unspecified atom stereocenters. The van der Waals surface area contributed by atoms with Crippen LogP contribution in [-0.2, 0) is 23.9 Å². The number of amides is 2. The number of alkyl halides is 1. The van der Waals surface area contributed by atoms with Crippen LogP contribution in [0.25, 0.3) is 0 Å². The van der Waals surface area contributed by atoms with Crippen LogP contribution in [0.3, 0.4) is 0 Å². The first kappa shape index (κ1) is 27.1. The molecule has 3 aliphatic rings. The van der Waals surface area contributed by atoms with Crippen LogP contribution < -0.4 is 0 Å². The molecule has 192 valence electrons. The number of esters is 1. The summed E-state index contributed by atoms with van der Waals surface area (Å²) in [6.07, 6.45) is 3.28. The first-order valence-electron chi connectivity index (χ1n) is 12.4. The van der Waals surface area contributed by atoms with Crippen molar-refractivity contribution in [2.24, 2.45) is 17.8 Å². The average Bonchev–Trinajstić information content (AvgIpc) is 3.36. The molecule has 3 saturated heterocycles. The molecule has 1 spiro atoms. The third-order valence-corrected chi connectivity index (χ3v) is 8.53. The van der Waals surface area contributed by atoms with E-state index in [4.69, 9.17) is 9.47 Å². The zero-order valence-electron chi connectivity index (χ0n) is 20.9. The molecule has 8 atom stereocenters. The topological polar surface area (TPSA) is 96.4 Å². The van der Waals surface area contributed by atoms with E-state index in [-0.39, 0.29) is 41.8 Å². The van der Waals surface area contributed by atoms with Crippen molar-refractivity contribution < 1.29 is 29.0 Å². The van der Waals surface area contributed by atoms with Crippen molar-refractivity contribution in [2.75, 3.05) is 19.8 Å². The molecule has 0 radical (unpaired) electrons. The van der Waals surface area contributed by atoms with Crippen molar-refractivity contribution in [1.29, 1.82) is 0 Å². The molecule has 3 rings (SSSR count). The van der Waals surface area contributed by atoms with Gasteiger partial charge in [-0.05, 0) is 32.6 Å². The summed E-state index contributed by atoms with van der Waals surface area (Å²) in [5.74, 6) is -2.72. The minimum absolute atomic E-state index is 0.0613. The third-order valence-electron chi connectivity index (χ3n) is 7.68. The summed E-state index contributed by atoms with van der Waals surface area (Å²) in [7, 11) is 0. The molecule has 0 saturated carbocycles. The van der Waals surface area contributed by atoms with Crippen LogP contribution in [0.4, 0.5) is 0 Å². The predicted octanol–water partition coefficient (Wildman–Crippen LogP) is 2.52. The van der Waals surface area contributed by atoms with Gasteiger partial charge in [0, 0.05) is 17.4 Å². The third kappa shape index (κ3) is 4.22. The Balaban J connectivity index is 2.14. The van der Waals surface area contributed by atoms with E-state index in [2.05, 4.69) is 29.4 Å². The zero-order valence-corrected chi connectivity index (χ0v) is 22.5. The van der Waals surface area contributed by atoms with Crippen molar-refractivity contribution in [3.05, 3.63) is 12.7 Å². The lowest BCUT2D eigenvalue weighted by Gasteiger charge is -2.41. The Morgan fingerprint density at radius 1 is 1.38 bits per heavy atom. The van der Waals surface area contributed by atoms with E-state index in [1.54, 1.807) is 17.9 Å². The monoisotopic (exact) mass is 542 g/mol.